The van der Waals surface area contributed by atoms with Crippen LogP contribution < -0.4 is 5.19 Å². The highest BCUT2D eigenvalue weighted by Crippen LogP contribution is 2.40. The van der Waals surface area contributed by atoms with Gasteiger partial charge in [0.25, 0.3) is 0 Å². The van der Waals surface area contributed by atoms with Gasteiger partial charge in [-0.05, 0) is 12.0 Å². The molecule has 0 N–H and O–H groups in total. The fourth-order valence-corrected chi connectivity index (χ4v) is 8.10. The molecule has 108 valence electrons. The van der Waals surface area contributed by atoms with Gasteiger partial charge in [0.05, 0.1) is 8.07 Å². The molecular weight excluding hydrogens is 256 g/mol. The first-order valence-corrected chi connectivity index (χ1v) is 10.9. The van der Waals surface area contributed by atoms with Crippen LogP contribution in [0.5, 0.6) is 0 Å². The average Bonchev–Trinajstić information content (AvgIpc) is 2.95. The molecule has 0 bridgehead atoms. The van der Waals surface area contributed by atoms with Crippen LogP contribution in [-0.2, 0) is 0 Å². The van der Waals surface area contributed by atoms with Crippen molar-refractivity contribution in [2.45, 2.75) is 57.7 Å². The molecule has 1 aliphatic rings. The maximum Gasteiger partial charge on any atom is 0.0945 e. The van der Waals surface area contributed by atoms with Gasteiger partial charge in [-0.25, -0.2) is 0 Å². The highest BCUT2D eigenvalue weighted by Gasteiger charge is 2.38. The average molecular weight is 285 g/mol. The Labute approximate surface area is 125 Å². The van der Waals surface area contributed by atoms with Crippen molar-refractivity contribution in [3.63, 3.8) is 0 Å². The van der Waals surface area contributed by atoms with Crippen molar-refractivity contribution >= 4 is 13.3 Å². The quantitative estimate of drug-likeness (QED) is 0.585. The topological polar surface area (TPSA) is 0 Å². The summed E-state index contributed by atoms with van der Waals surface area (Å²) in [6.07, 6.45) is 12.4. The van der Waals surface area contributed by atoms with Gasteiger partial charge in [0, 0.05) is 0 Å². The zero-order valence-electron chi connectivity index (χ0n) is 13.2. The molecule has 0 radical (unpaired) electrons. The Morgan fingerprint density at radius 3 is 2.45 bits per heavy atom. The molecule has 1 heteroatoms. The predicted octanol–water partition coefficient (Wildman–Crippen LogP) is 5.44. The van der Waals surface area contributed by atoms with E-state index in [1.807, 2.05) is 0 Å². The van der Waals surface area contributed by atoms with Crippen LogP contribution in [-0.4, -0.2) is 8.07 Å². The van der Waals surface area contributed by atoms with Crippen LogP contribution in [0.4, 0.5) is 0 Å². The summed E-state index contributed by atoms with van der Waals surface area (Å²) in [5.41, 5.74) is 2.40. The van der Waals surface area contributed by atoms with Gasteiger partial charge in [-0.1, -0.05) is 105 Å². The largest absolute Gasteiger partial charge is 0.0945 e. The zero-order chi connectivity index (χ0) is 14.4. The molecule has 2 unspecified atom stereocenters. The van der Waals surface area contributed by atoms with Crippen LogP contribution in [0.1, 0.15) is 39.5 Å². The molecule has 0 heterocycles. The molecule has 0 amide bonds. The molecule has 0 nitrogen and oxygen atoms in total. The molecule has 2 rings (SSSR count). The summed E-state index contributed by atoms with van der Waals surface area (Å²) in [6.45, 7) is 7.21. The molecule has 0 spiro atoms. The minimum atomic E-state index is -1.47. The number of hydrogen-bond acceptors (Lipinski definition) is 0. The van der Waals surface area contributed by atoms with Gasteiger partial charge >= 0.3 is 0 Å². The van der Waals surface area contributed by atoms with Gasteiger partial charge in [-0.3, -0.25) is 0 Å². The van der Waals surface area contributed by atoms with Crippen LogP contribution in [0, 0.1) is 0 Å². The predicted molar refractivity (Wildman–Crippen MR) is 93.3 cm³/mol. The minimum absolute atomic E-state index is 0.719. The van der Waals surface area contributed by atoms with Crippen molar-refractivity contribution in [2.24, 2.45) is 0 Å². The standard InChI is InChI=1S/C19H28Si/c1-4-6-16-20(3,18-13-8-7-9-14-18)19-15-10-12-17(19)11-5-2/h7-10,12-15,19H,4-6,11,16H2,1-3H3. The number of hydrogen-bond donors (Lipinski definition) is 0. The molecule has 1 aromatic rings. The Kier molecular flexibility index (Phi) is 5.42. The summed E-state index contributed by atoms with van der Waals surface area (Å²) < 4.78 is 0. The normalized spacial score (nSPS) is 20.8. The minimum Gasteiger partial charge on any atom is -0.0797 e. The van der Waals surface area contributed by atoms with Crippen molar-refractivity contribution in [1.82, 2.24) is 0 Å². The van der Waals surface area contributed by atoms with Crippen LogP contribution in [0.2, 0.25) is 18.1 Å². The summed E-state index contributed by atoms with van der Waals surface area (Å²) in [6, 6.07) is 12.7. The van der Waals surface area contributed by atoms with E-state index in [1.165, 1.54) is 31.7 Å². The third-order valence-corrected chi connectivity index (χ3v) is 9.70. The van der Waals surface area contributed by atoms with Crippen molar-refractivity contribution in [3.8, 4) is 0 Å². The molecule has 1 aromatic carbocycles. The lowest BCUT2D eigenvalue weighted by atomic mass is 10.1. The summed E-state index contributed by atoms with van der Waals surface area (Å²) in [5.74, 6) is 0. The lowest BCUT2D eigenvalue weighted by Crippen LogP contribution is -2.48. The van der Waals surface area contributed by atoms with Gasteiger partial charge in [0.15, 0.2) is 0 Å². The lowest BCUT2D eigenvalue weighted by Gasteiger charge is -2.35. The van der Waals surface area contributed by atoms with E-state index in [0.29, 0.717) is 0 Å². The molecule has 20 heavy (non-hydrogen) atoms. The maximum absolute atomic E-state index is 2.60. The fourth-order valence-electron chi connectivity index (χ4n) is 3.51. The summed E-state index contributed by atoms with van der Waals surface area (Å²) in [5, 5.41) is 1.63. The van der Waals surface area contributed by atoms with Gasteiger partial charge in [-0.15, -0.1) is 0 Å². The fraction of sp³-hybridized carbons (Fsp3) is 0.474. The lowest BCUT2D eigenvalue weighted by molar-refractivity contribution is 0.843. The van der Waals surface area contributed by atoms with E-state index >= 15 is 0 Å². The van der Waals surface area contributed by atoms with Crippen LogP contribution in [0.3, 0.4) is 0 Å². The third kappa shape index (κ3) is 3.14. The second-order valence-electron chi connectivity index (χ2n) is 6.24. The number of allylic oxidation sites excluding steroid dienone is 4. The summed E-state index contributed by atoms with van der Waals surface area (Å²) in [7, 11) is -1.47. The Bertz CT molecular complexity index is 472. The maximum atomic E-state index is 2.60. The highest BCUT2D eigenvalue weighted by molar-refractivity contribution is 6.93. The Morgan fingerprint density at radius 2 is 1.80 bits per heavy atom. The van der Waals surface area contributed by atoms with E-state index < -0.39 is 8.07 Å². The molecule has 2 atom stereocenters. The SMILES string of the molecule is CCCC[Si](C)(c1ccccc1)C1C=CC=C1CCC. The Balaban J connectivity index is 2.32. The summed E-state index contributed by atoms with van der Waals surface area (Å²) in [4.78, 5) is 0. The van der Waals surface area contributed by atoms with Gasteiger partial charge in [-0.2, -0.15) is 0 Å². The van der Waals surface area contributed by atoms with E-state index in [0.717, 1.165) is 5.54 Å². The van der Waals surface area contributed by atoms with Crippen LogP contribution in [0.25, 0.3) is 0 Å². The molecule has 0 fully saturated rings. The molecule has 1 aliphatic carbocycles. The highest BCUT2D eigenvalue weighted by atomic mass is 28.3. The Morgan fingerprint density at radius 1 is 1.05 bits per heavy atom. The first kappa shape index (κ1) is 15.3. The Hall–Kier alpha value is -1.08. The molecular formula is C19H28Si. The first-order valence-electron chi connectivity index (χ1n) is 8.15. The molecule has 0 saturated carbocycles. The van der Waals surface area contributed by atoms with Gasteiger partial charge in [0.1, 0.15) is 0 Å². The van der Waals surface area contributed by atoms with E-state index in [9.17, 15) is 0 Å². The van der Waals surface area contributed by atoms with E-state index in [4.69, 9.17) is 0 Å². The number of unbranched alkanes of at least 4 members (excludes halogenated alkanes) is 1. The number of rotatable bonds is 7. The van der Waals surface area contributed by atoms with E-state index in [1.54, 1.807) is 10.8 Å². The van der Waals surface area contributed by atoms with Crippen molar-refractivity contribution in [3.05, 3.63) is 54.1 Å². The zero-order valence-corrected chi connectivity index (χ0v) is 14.2. The monoisotopic (exact) mass is 284 g/mol. The van der Waals surface area contributed by atoms with Crippen LogP contribution in [0.15, 0.2) is 54.1 Å². The van der Waals surface area contributed by atoms with Crippen molar-refractivity contribution in [2.75, 3.05) is 0 Å². The second-order valence-corrected chi connectivity index (χ2v) is 10.8. The number of benzene rings is 1. The van der Waals surface area contributed by atoms with E-state index in [2.05, 4.69) is 69.0 Å². The second kappa shape index (κ2) is 7.08. The molecule has 0 saturated heterocycles. The molecule has 0 aromatic heterocycles. The third-order valence-electron chi connectivity index (χ3n) is 4.72. The first-order chi connectivity index (χ1) is 9.72. The summed E-state index contributed by atoms with van der Waals surface area (Å²) >= 11 is 0. The van der Waals surface area contributed by atoms with Crippen LogP contribution >= 0.6 is 0 Å². The van der Waals surface area contributed by atoms with Gasteiger partial charge in [0.2, 0.25) is 0 Å². The van der Waals surface area contributed by atoms with E-state index in [-0.39, 0.29) is 0 Å². The van der Waals surface area contributed by atoms with Crippen molar-refractivity contribution in [1.29, 1.82) is 0 Å². The van der Waals surface area contributed by atoms with Gasteiger partial charge < -0.3 is 0 Å². The molecule has 0 aliphatic heterocycles. The van der Waals surface area contributed by atoms with Crippen molar-refractivity contribution < 1.29 is 0 Å². The smallest absolute Gasteiger partial charge is 0.0797 e.